The lowest BCUT2D eigenvalue weighted by Gasteiger charge is -2.03. The van der Waals surface area contributed by atoms with Gasteiger partial charge in [0.05, 0.1) is 6.10 Å². The molecule has 1 aromatic rings. The highest BCUT2D eigenvalue weighted by molar-refractivity contribution is 5.49. The molecule has 2 rings (SSSR count). The number of pyridine rings is 1. The molecule has 0 spiro atoms. The number of nitro groups is 1. The number of nitrogens with zero attached hydrogens (tertiary/aromatic N) is 2. The van der Waals surface area contributed by atoms with Gasteiger partial charge in [0.15, 0.2) is 5.75 Å². The number of nitrogen functional groups attached to an aromatic ring is 1. The second kappa shape index (κ2) is 3.13. The van der Waals surface area contributed by atoms with Crippen LogP contribution in [-0.4, -0.2) is 16.0 Å². The van der Waals surface area contributed by atoms with E-state index in [9.17, 15) is 10.1 Å². The van der Waals surface area contributed by atoms with E-state index in [0.29, 0.717) is 5.75 Å². The summed E-state index contributed by atoms with van der Waals surface area (Å²) in [7, 11) is 0. The van der Waals surface area contributed by atoms with Crippen molar-refractivity contribution in [2.45, 2.75) is 18.9 Å². The molecule has 6 nitrogen and oxygen atoms in total. The molecule has 1 aliphatic carbocycles. The first-order valence-corrected chi connectivity index (χ1v) is 4.24. The Hall–Kier alpha value is -1.85. The van der Waals surface area contributed by atoms with E-state index >= 15 is 0 Å². The molecule has 2 N–H and O–H groups in total. The number of nitrogens with two attached hydrogens (primary N) is 1. The molecule has 14 heavy (non-hydrogen) atoms. The van der Waals surface area contributed by atoms with Gasteiger partial charge in [-0.25, -0.2) is 0 Å². The maximum atomic E-state index is 10.3. The third-order valence-electron chi connectivity index (χ3n) is 1.88. The summed E-state index contributed by atoms with van der Waals surface area (Å²) in [5.41, 5.74) is 5.49. The summed E-state index contributed by atoms with van der Waals surface area (Å²) in [5.74, 6) is 0.245. The molecule has 1 aromatic heterocycles. The maximum absolute atomic E-state index is 10.3. The number of aromatic nitrogens is 1. The van der Waals surface area contributed by atoms with E-state index in [1.54, 1.807) is 0 Å². The lowest BCUT2D eigenvalue weighted by molar-refractivity contribution is -0.389. The number of hydrogen-bond donors (Lipinski definition) is 1. The number of rotatable bonds is 3. The summed E-state index contributed by atoms with van der Waals surface area (Å²) in [5, 5.41) is 10.3. The molecule has 0 saturated heterocycles. The van der Waals surface area contributed by atoms with Gasteiger partial charge in [0, 0.05) is 6.07 Å². The average molecular weight is 195 g/mol. The zero-order valence-electron chi connectivity index (χ0n) is 7.34. The quantitative estimate of drug-likeness (QED) is 0.576. The summed E-state index contributed by atoms with van der Waals surface area (Å²) >= 11 is 0. The zero-order valence-corrected chi connectivity index (χ0v) is 7.34. The van der Waals surface area contributed by atoms with Crippen molar-refractivity contribution >= 4 is 11.6 Å². The fourth-order valence-electron chi connectivity index (χ4n) is 1.02. The van der Waals surface area contributed by atoms with Crippen LogP contribution in [0.4, 0.5) is 11.6 Å². The van der Waals surface area contributed by atoms with Gasteiger partial charge in [-0.1, -0.05) is 0 Å². The molecular weight excluding hydrogens is 186 g/mol. The van der Waals surface area contributed by atoms with Crippen LogP contribution in [0.2, 0.25) is 0 Å². The van der Waals surface area contributed by atoms with Crippen molar-refractivity contribution in [3.05, 3.63) is 22.2 Å². The van der Waals surface area contributed by atoms with Crippen molar-refractivity contribution in [1.82, 2.24) is 4.98 Å². The summed E-state index contributed by atoms with van der Waals surface area (Å²) < 4.78 is 5.38. The molecule has 1 saturated carbocycles. The predicted octanol–water partition coefficient (Wildman–Crippen LogP) is 1.11. The molecule has 0 bridgehead atoms. The van der Waals surface area contributed by atoms with Crippen molar-refractivity contribution in [3.8, 4) is 5.75 Å². The van der Waals surface area contributed by atoms with Crippen LogP contribution in [0, 0.1) is 10.1 Å². The minimum Gasteiger partial charge on any atom is -0.484 e. The van der Waals surface area contributed by atoms with Gasteiger partial charge in [-0.3, -0.25) is 0 Å². The summed E-state index contributed by atoms with van der Waals surface area (Å²) in [6, 6.07) is 2.77. The lowest BCUT2D eigenvalue weighted by atomic mass is 10.4. The highest BCUT2D eigenvalue weighted by Crippen LogP contribution is 2.30. The third kappa shape index (κ3) is 1.73. The first-order valence-electron chi connectivity index (χ1n) is 4.24. The van der Waals surface area contributed by atoms with Gasteiger partial charge in [0.2, 0.25) is 0 Å². The zero-order chi connectivity index (χ0) is 10.1. The maximum Gasteiger partial charge on any atom is 0.366 e. The Balaban J connectivity index is 2.21. The van der Waals surface area contributed by atoms with E-state index in [1.807, 2.05) is 0 Å². The molecule has 0 aliphatic heterocycles. The van der Waals surface area contributed by atoms with Crippen LogP contribution in [0.3, 0.4) is 0 Å². The average Bonchev–Trinajstić information content (AvgIpc) is 2.92. The van der Waals surface area contributed by atoms with Crippen LogP contribution in [-0.2, 0) is 0 Å². The Bertz CT molecular complexity index is 376. The van der Waals surface area contributed by atoms with Crippen LogP contribution < -0.4 is 10.5 Å². The monoisotopic (exact) mass is 195 g/mol. The second-order valence-corrected chi connectivity index (χ2v) is 3.13. The van der Waals surface area contributed by atoms with Gasteiger partial charge in [-0.15, -0.1) is 0 Å². The van der Waals surface area contributed by atoms with Crippen LogP contribution in [0.1, 0.15) is 12.8 Å². The molecule has 0 aromatic carbocycles. The minimum absolute atomic E-state index is 0.0751. The number of anilines is 1. The first-order chi connectivity index (χ1) is 6.66. The highest BCUT2D eigenvalue weighted by Gasteiger charge is 2.26. The standard InChI is InChI=1S/C8H9N3O3/c9-8-6(14-5-1-2-5)3-4-7(10-8)11(12)13/h3-5H,1-2H2,(H2,9,10). The first kappa shape index (κ1) is 8.74. The van der Waals surface area contributed by atoms with E-state index in [-0.39, 0.29) is 17.7 Å². The van der Waals surface area contributed by atoms with E-state index in [4.69, 9.17) is 10.5 Å². The molecule has 0 amide bonds. The molecule has 0 radical (unpaired) electrons. The normalized spacial score (nSPS) is 15.1. The molecule has 1 fully saturated rings. The fraction of sp³-hybridized carbons (Fsp3) is 0.375. The van der Waals surface area contributed by atoms with Crippen molar-refractivity contribution in [2.75, 3.05) is 5.73 Å². The SMILES string of the molecule is Nc1nc([N+](=O)[O-])ccc1OC1CC1. The summed E-state index contributed by atoms with van der Waals surface area (Å²) in [6.07, 6.45) is 2.23. The summed E-state index contributed by atoms with van der Waals surface area (Å²) in [6.45, 7) is 0. The van der Waals surface area contributed by atoms with Crippen LogP contribution in [0.5, 0.6) is 5.75 Å². The molecule has 0 atom stereocenters. The third-order valence-corrected chi connectivity index (χ3v) is 1.88. The van der Waals surface area contributed by atoms with E-state index in [1.165, 1.54) is 12.1 Å². The Morgan fingerprint density at radius 1 is 1.57 bits per heavy atom. The van der Waals surface area contributed by atoms with Crippen LogP contribution >= 0.6 is 0 Å². The van der Waals surface area contributed by atoms with E-state index < -0.39 is 4.92 Å². The van der Waals surface area contributed by atoms with Gasteiger partial charge in [-0.05, 0) is 28.8 Å². The van der Waals surface area contributed by atoms with E-state index in [0.717, 1.165) is 12.8 Å². The highest BCUT2D eigenvalue weighted by atomic mass is 16.6. The smallest absolute Gasteiger partial charge is 0.366 e. The molecule has 1 aliphatic rings. The van der Waals surface area contributed by atoms with Gasteiger partial charge in [0.25, 0.3) is 5.82 Å². The van der Waals surface area contributed by atoms with Gasteiger partial charge < -0.3 is 20.6 Å². The molecular formula is C8H9N3O3. The number of hydrogen-bond acceptors (Lipinski definition) is 5. The largest absolute Gasteiger partial charge is 0.484 e. The molecule has 74 valence electrons. The van der Waals surface area contributed by atoms with Crippen LogP contribution in [0.15, 0.2) is 12.1 Å². The van der Waals surface area contributed by atoms with Gasteiger partial charge in [0.1, 0.15) is 0 Å². The van der Waals surface area contributed by atoms with Gasteiger partial charge in [-0.2, -0.15) is 0 Å². The molecule has 0 unspecified atom stereocenters. The van der Waals surface area contributed by atoms with Crippen molar-refractivity contribution in [1.29, 1.82) is 0 Å². The topological polar surface area (TPSA) is 91.3 Å². The predicted molar refractivity (Wildman–Crippen MR) is 49.0 cm³/mol. The lowest BCUT2D eigenvalue weighted by Crippen LogP contribution is -2.03. The Kier molecular flexibility index (Phi) is 1.95. The van der Waals surface area contributed by atoms with Crippen molar-refractivity contribution in [2.24, 2.45) is 0 Å². The van der Waals surface area contributed by atoms with E-state index in [2.05, 4.69) is 4.98 Å². The van der Waals surface area contributed by atoms with Crippen molar-refractivity contribution < 1.29 is 9.66 Å². The Labute approximate surface area is 79.8 Å². The Morgan fingerprint density at radius 3 is 2.79 bits per heavy atom. The summed E-state index contributed by atoms with van der Waals surface area (Å²) in [4.78, 5) is 13.4. The van der Waals surface area contributed by atoms with Crippen molar-refractivity contribution in [3.63, 3.8) is 0 Å². The fourth-order valence-corrected chi connectivity index (χ4v) is 1.02. The molecule has 1 heterocycles. The minimum atomic E-state index is -0.586. The van der Waals surface area contributed by atoms with Crippen LogP contribution in [0.25, 0.3) is 0 Å². The molecule has 6 heteroatoms. The number of ether oxygens (including phenoxy) is 1. The van der Waals surface area contributed by atoms with Gasteiger partial charge >= 0.3 is 5.82 Å². The second-order valence-electron chi connectivity index (χ2n) is 3.13. The Morgan fingerprint density at radius 2 is 2.29 bits per heavy atom.